The zero-order valence-corrected chi connectivity index (χ0v) is 25.8. The van der Waals surface area contributed by atoms with Crippen LogP contribution in [0.15, 0.2) is 45.7 Å². The Balaban J connectivity index is 0.000000241. The number of amides is 2. The van der Waals surface area contributed by atoms with Gasteiger partial charge in [0.25, 0.3) is 0 Å². The van der Waals surface area contributed by atoms with Gasteiger partial charge in [0.1, 0.15) is 11.9 Å². The molecular formula is C25H24Cl3F3N8O5. The van der Waals surface area contributed by atoms with Crippen molar-refractivity contribution in [2.45, 2.75) is 32.4 Å². The van der Waals surface area contributed by atoms with Crippen molar-refractivity contribution < 1.29 is 27.3 Å². The van der Waals surface area contributed by atoms with E-state index in [1.54, 1.807) is 32.3 Å². The zero-order chi connectivity index (χ0) is 33.3. The van der Waals surface area contributed by atoms with E-state index in [1.165, 1.54) is 4.90 Å². The third-order valence-electron chi connectivity index (χ3n) is 5.56. The number of alkyl halides is 3. The summed E-state index contributed by atoms with van der Waals surface area (Å²) < 4.78 is 44.9. The van der Waals surface area contributed by atoms with Crippen LogP contribution < -0.4 is 16.8 Å². The van der Waals surface area contributed by atoms with E-state index < -0.39 is 39.3 Å². The Morgan fingerprint density at radius 2 is 1.66 bits per heavy atom. The highest BCUT2D eigenvalue weighted by Gasteiger charge is 2.33. The molecule has 13 nitrogen and oxygen atoms in total. The van der Waals surface area contributed by atoms with Crippen LogP contribution >= 0.6 is 34.8 Å². The fourth-order valence-corrected chi connectivity index (χ4v) is 4.23. The van der Waals surface area contributed by atoms with Crippen molar-refractivity contribution in [3.63, 3.8) is 0 Å². The minimum absolute atomic E-state index is 0.170. The molecule has 2 aromatic heterocycles. The van der Waals surface area contributed by atoms with Gasteiger partial charge in [-0.05, 0) is 30.3 Å². The van der Waals surface area contributed by atoms with Gasteiger partial charge >= 0.3 is 23.7 Å². The first-order chi connectivity index (χ1) is 20.2. The molecule has 0 radical (unpaired) electrons. The molecule has 0 aliphatic carbocycles. The van der Waals surface area contributed by atoms with E-state index in [0.29, 0.717) is 29.4 Å². The Morgan fingerprint density at radius 1 is 1.07 bits per heavy atom. The molecule has 0 aliphatic rings. The van der Waals surface area contributed by atoms with Crippen LogP contribution in [0.2, 0.25) is 15.1 Å². The lowest BCUT2D eigenvalue weighted by Crippen LogP contribution is -2.27. The molecule has 44 heavy (non-hydrogen) atoms. The minimum atomic E-state index is -4.63. The van der Waals surface area contributed by atoms with E-state index in [1.807, 2.05) is 20.8 Å². The van der Waals surface area contributed by atoms with E-state index in [-0.39, 0.29) is 26.8 Å². The number of benzene rings is 2. The van der Waals surface area contributed by atoms with Crippen molar-refractivity contribution in [2.24, 2.45) is 0 Å². The largest absolute Gasteiger partial charge is 0.442 e. The summed E-state index contributed by atoms with van der Waals surface area (Å²) in [5.74, 6) is -0.686. The molecule has 2 aromatic carbocycles. The summed E-state index contributed by atoms with van der Waals surface area (Å²) in [7, 11) is 3.27. The third kappa shape index (κ3) is 7.62. The van der Waals surface area contributed by atoms with Crippen LogP contribution in [0.4, 0.5) is 35.2 Å². The maximum absolute atomic E-state index is 12.6. The van der Waals surface area contributed by atoms with Crippen molar-refractivity contribution in [1.29, 1.82) is 0 Å². The van der Waals surface area contributed by atoms with Crippen molar-refractivity contribution in [3.8, 4) is 11.4 Å². The molecule has 4 rings (SSSR count). The summed E-state index contributed by atoms with van der Waals surface area (Å²) in [6.07, 6.45) is -3.78. The lowest BCUT2D eigenvalue weighted by atomic mass is 9.97. The van der Waals surface area contributed by atoms with E-state index in [4.69, 9.17) is 45.0 Å². The standard InChI is InChI=1S/C15H19ClN4O3.C10H5Cl2F3N4O2/c1-15(2,3)12-18-20(14(22)23-12)11-7-6-9(8-10(11)16)17-13(21)19(4)5;11-5-1-4(10(13,14)15)2-6(12)8(5)18-9(16)7(3-17-18)19(20)21/h6-8H,1-5H3,(H,17,21);1-3H,16H2. The van der Waals surface area contributed by atoms with E-state index in [2.05, 4.69) is 15.5 Å². The Hall–Kier alpha value is -4.28. The molecule has 3 N–H and O–H groups in total. The second kappa shape index (κ2) is 12.8. The fraction of sp³-hybridized carbons (Fsp3) is 0.280. The average molecular weight is 680 g/mol. The first kappa shape index (κ1) is 34.2. The number of hydrogen-bond donors (Lipinski definition) is 2. The number of urea groups is 1. The number of nitrogen functional groups attached to an aromatic ring is 1. The monoisotopic (exact) mass is 678 g/mol. The summed E-state index contributed by atoms with van der Waals surface area (Å²) in [6, 6.07) is 5.79. The number of hydrogen-bond acceptors (Lipinski definition) is 8. The predicted molar refractivity (Wildman–Crippen MR) is 158 cm³/mol. The number of rotatable bonds is 4. The maximum Gasteiger partial charge on any atom is 0.442 e. The van der Waals surface area contributed by atoms with Crippen LogP contribution in [0.3, 0.4) is 0 Å². The second-order valence-corrected chi connectivity index (χ2v) is 11.4. The molecule has 19 heteroatoms. The molecule has 0 fully saturated rings. The average Bonchev–Trinajstić information content (AvgIpc) is 3.46. The summed E-state index contributed by atoms with van der Waals surface area (Å²) >= 11 is 17.7. The van der Waals surface area contributed by atoms with Gasteiger partial charge in [0.2, 0.25) is 11.7 Å². The van der Waals surface area contributed by atoms with Gasteiger partial charge in [0.15, 0.2) is 0 Å². The van der Waals surface area contributed by atoms with Crippen molar-refractivity contribution in [3.05, 3.63) is 83.7 Å². The topological polar surface area (TPSA) is 167 Å². The third-order valence-corrected chi connectivity index (χ3v) is 6.44. The molecule has 2 heterocycles. The quantitative estimate of drug-likeness (QED) is 0.181. The molecule has 236 valence electrons. The maximum atomic E-state index is 12.6. The van der Waals surface area contributed by atoms with Gasteiger partial charge in [-0.25, -0.2) is 14.3 Å². The Bertz CT molecular complexity index is 1750. The lowest BCUT2D eigenvalue weighted by Gasteiger charge is -2.13. The second-order valence-electron chi connectivity index (χ2n) is 10.2. The van der Waals surface area contributed by atoms with E-state index in [9.17, 15) is 32.9 Å². The van der Waals surface area contributed by atoms with Gasteiger partial charge in [-0.2, -0.15) is 23.0 Å². The molecule has 0 atom stereocenters. The number of nitro groups is 1. The van der Waals surface area contributed by atoms with Crippen LogP contribution in [0.25, 0.3) is 11.4 Å². The summed E-state index contributed by atoms with van der Waals surface area (Å²) in [5, 5.41) is 20.7. The zero-order valence-electron chi connectivity index (χ0n) is 23.5. The Morgan fingerprint density at radius 3 is 2.09 bits per heavy atom. The van der Waals surface area contributed by atoms with Gasteiger partial charge in [0.05, 0.1) is 31.2 Å². The minimum Gasteiger partial charge on any atom is -0.391 e. The number of nitrogens with zero attached hydrogens (tertiary/aromatic N) is 6. The highest BCUT2D eigenvalue weighted by molar-refractivity contribution is 6.38. The molecule has 0 aliphatic heterocycles. The first-order valence-corrected chi connectivity index (χ1v) is 13.3. The molecule has 4 aromatic rings. The SMILES string of the molecule is CN(C)C(=O)Nc1ccc(-n2nc(C(C)(C)C)oc2=O)c(Cl)c1.Nc1c([N+](=O)[O-])cnn1-c1c(Cl)cc(C(F)(F)F)cc1Cl. The molecule has 0 spiro atoms. The highest BCUT2D eigenvalue weighted by Crippen LogP contribution is 2.39. The lowest BCUT2D eigenvalue weighted by molar-refractivity contribution is -0.383. The number of anilines is 2. The van der Waals surface area contributed by atoms with Gasteiger partial charge in [-0.15, -0.1) is 5.10 Å². The normalized spacial score (nSPS) is 11.5. The molecule has 0 bridgehead atoms. The number of aromatic nitrogens is 4. The molecule has 0 saturated heterocycles. The van der Waals surface area contributed by atoms with Crippen LogP contribution in [-0.2, 0) is 11.6 Å². The Labute approximate surface area is 262 Å². The van der Waals surface area contributed by atoms with Gasteiger partial charge < -0.3 is 20.4 Å². The first-order valence-electron chi connectivity index (χ1n) is 12.2. The number of carbonyl (C=O) groups is 1. The smallest absolute Gasteiger partial charge is 0.391 e. The summed E-state index contributed by atoms with van der Waals surface area (Å²) in [6.45, 7) is 5.68. The van der Waals surface area contributed by atoms with E-state index in [0.717, 1.165) is 15.6 Å². The van der Waals surface area contributed by atoms with E-state index >= 15 is 0 Å². The predicted octanol–water partition coefficient (Wildman–Crippen LogP) is 6.56. The van der Waals surface area contributed by atoms with Gasteiger partial charge in [-0.1, -0.05) is 55.6 Å². The van der Waals surface area contributed by atoms with Crippen LogP contribution in [0.1, 0.15) is 32.2 Å². The van der Waals surface area contributed by atoms with Crippen LogP contribution in [-0.4, -0.2) is 49.5 Å². The number of halogens is 6. The van der Waals surface area contributed by atoms with Gasteiger partial charge in [0, 0.05) is 25.2 Å². The van der Waals surface area contributed by atoms with Crippen LogP contribution in [0, 0.1) is 10.1 Å². The van der Waals surface area contributed by atoms with Crippen molar-refractivity contribution in [2.75, 3.05) is 25.1 Å². The molecule has 0 unspecified atom stereocenters. The molecule has 2 amide bonds. The summed E-state index contributed by atoms with van der Waals surface area (Å²) in [4.78, 5) is 34.9. The Kier molecular flexibility index (Phi) is 9.92. The van der Waals surface area contributed by atoms with Crippen LogP contribution in [0.5, 0.6) is 0 Å². The number of nitrogens with two attached hydrogens (primary N) is 1. The van der Waals surface area contributed by atoms with Crippen molar-refractivity contribution in [1.82, 2.24) is 24.5 Å². The summed E-state index contributed by atoms with van der Waals surface area (Å²) in [5.41, 5.74) is 4.30. The fourth-order valence-electron chi connectivity index (χ4n) is 3.32. The molecular weight excluding hydrogens is 656 g/mol. The molecule has 0 saturated carbocycles. The van der Waals surface area contributed by atoms with Gasteiger partial charge in [-0.3, -0.25) is 10.1 Å². The van der Waals surface area contributed by atoms with Crippen molar-refractivity contribution >= 4 is 58.0 Å². The number of nitrogens with one attached hydrogen (secondary N) is 1. The number of carbonyl (C=O) groups excluding carboxylic acids is 1. The highest BCUT2D eigenvalue weighted by atomic mass is 35.5.